The third-order valence-electron chi connectivity index (χ3n) is 7.15. The van der Waals surface area contributed by atoms with Crippen LogP contribution >= 0.6 is 11.3 Å². The largest absolute Gasteiger partial charge is 0.384 e. The van der Waals surface area contributed by atoms with Crippen molar-refractivity contribution in [3.8, 4) is 0 Å². The highest BCUT2D eigenvalue weighted by molar-refractivity contribution is 7.09. The molecule has 3 fully saturated rings. The first-order valence-corrected chi connectivity index (χ1v) is 11.4. The minimum absolute atomic E-state index is 0.466. The summed E-state index contributed by atoms with van der Waals surface area (Å²) in [5, 5.41) is 3.41. The number of ether oxygens (including phenoxy) is 1. The van der Waals surface area contributed by atoms with Crippen LogP contribution in [0.25, 0.3) is 0 Å². The standard InChI is InChI=1S/C21H35N3OS/c1-17-22-20(15-26-17)13-24-12-19(14-25-2)21(16-24)7-9-23(10-8-21)11-18-5-3-4-6-18/h15,18-19H,3-14,16H2,1-2H3. The van der Waals surface area contributed by atoms with Crippen molar-refractivity contribution in [1.82, 2.24) is 14.8 Å². The molecular weight excluding hydrogens is 342 g/mol. The molecule has 3 aliphatic rings. The molecule has 3 heterocycles. The van der Waals surface area contributed by atoms with E-state index in [2.05, 4.69) is 27.1 Å². The molecule has 0 bridgehead atoms. The van der Waals surface area contributed by atoms with Crippen LogP contribution in [0.1, 0.15) is 49.2 Å². The number of piperidine rings is 1. The normalized spacial score (nSPS) is 27.7. The molecule has 0 radical (unpaired) electrons. The van der Waals surface area contributed by atoms with Gasteiger partial charge in [0.1, 0.15) is 0 Å². The van der Waals surface area contributed by atoms with Crippen molar-refractivity contribution in [2.45, 2.75) is 52.0 Å². The monoisotopic (exact) mass is 377 g/mol. The van der Waals surface area contributed by atoms with Gasteiger partial charge in [0.05, 0.1) is 17.3 Å². The van der Waals surface area contributed by atoms with E-state index in [1.165, 1.54) is 82.0 Å². The van der Waals surface area contributed by atoms with Gasteiger partial charge in [-0.3, -0.25) is 4.90 Å². The maximum absolute atomic E-state index is 5.64. The van der Waals surface area contributed by atoms with E-state index in [-0.39, 0.29) is 0 Å². The predicted molar refractivity (Wildman–Crippen MR) is 108 cm³/mol. The molecule has 4 rings (SSSR count). The lowest BCUT2D eigenvalue weighted by Gasteiger charge is -2.43. The van der Waals surface area contributed by atoms with Gasteiger partial charge < -0.3 is 9.64 Å². The van der Waals surface area contributed by atoms with Gasteiger partial charge in [-0.05, 0) is 57.0 Å². The molecule has 5 heteroatoms. The zero-order chi connectivity index (χ0) is 18.0. The van der Waals surface area contributed by atoms with E-state index in [1.54, 1.807) is 11.3 Å². The second-order valence-corrected chi connectivity index (χ2v) is 10.1. The van der Waals surface area contributed by atoms with Crippen LogP contribution in [0.4, 0.5) is 0 Å². The van der Waals surface area contributed by atoms with E-state index >= 15 is 0 Å². The van der Waals surface area contributed by atoms with Crippen molar-refractivity contribution in [1.29, 1.82) is 0 Å². The Morgan fingerprint density at radius 2 is 2.00 bits per heavy atom. The van der Waals surface area contributed by atoms with Gasteiger partial charge in [-0.1, -0.05) is 12.8 Å². The maximum atomic E-state index is 5.64. The van der Waals surface area contributed by atoms with Crippen LogP contribution in [-0.2, 0) is 11.3 Å². The highest BCUT2D eigenvalue weighted by Gasteiger charge is 2.47. The molecule has 1 aromatic heterocycles. The van der Waals surface area contributed by atoms with E-state index in [4.69, 9.17) is 4.74 Å². The molecular formula is C21H35N3OS. The number of aryl methyl sites for hydroxylation is 1. The molecule has 1 spiro atoms. The Bertz CT molecular complexity index is 576. The molecule has 4 nitrogen and oxygen atoms in total. The Hall–Kier alpha value is -0.490. The van der Waals surface area contributed by atoms with Crippen molar-refractivity contribution in [2.75, 3.05) is 46.4 Å². The number of methoxy groups -OCH3 is 1. The van der Waals surface area contributed by atoms with Crippen molar-refractivity contribution < 1.29 is 4.74 Å². The van der Waals surface area contributed by atoms with Gasteiger partial charge in [0, 0.05) is 44.6 Å². The Kier molecular flexibility index (Phi) is 5.99. The van der Waals surface area contributed by atoms with Crippen LogP contribution in [-0.4, -0.2) is 61.2 Å². The molecule has 1 unspecified atom stereocenters. The van der Waals surface area contributed by atoms with Gasteiger partial charge in [-0.15, -0.1) is 11.3 Å². The van der Waals surface area contributed by atoms with E-state index in [0.717, 1.165) is 19.1 Å². The summed E-state index contributed by atoms with van der Waals surface area (Å²) < 4.78 is 5.64. The molecule has 0 amide bonds. The van der Waals surface area contributed by atoms with Gasteiger partial charge >= 0.3 is 0 Å². The fourth-order valence-electron chi connectivity index (χ4n) is 5.71. The third kappa shape index (κ3) is 4.16. The van der Waals surface area contributed by atoms with Gasteiger partial charge in [-0.2, -0.15) is 0 Å². The Morgan fingerprint density at radius 1 is 1.23 bits per heavy atom. The van der Waals surface area contributed by atoms with E-state index < -0.39 is 0 Å². The fourth-order valence-corrected chi connectivity index (χ4v) is 6.31. The lowest BCUT2D eigenvalue weighted by atomic mass is 9.71. The molecule has 1 aromatic rings. The summed E-state index contributed by atoms with van der Waals surface area (Å²) in [5.74, 6) is 1.66. The van der Waals surface area contributed by atoms with Crippen molar-refractivity contribution >= 4 is 11.3 Å². The SMILES string of the molecule is COCC1CN(Cc2csc(C)n2)CC12CCN(CC1CCCC1)CC2. The topological polar surface area (TPSA) is 28.6 Å². The van der Waals surface area contributed by atoms with Crippen LogP contribution in [0.2, 0.25) is 0 Å². The molecule has 1 saturated carbocycles. The number of nitrogens with zero attached hydrogens (tertiary/aromatic N) is 3. The van der Waals surface area contributed by atoms with Crippen LogP contribution in [0.15, 0.2) is 5.38 Å². The number of rotatable bonds is 6. The lowest BCUT2D eigenvalue weighted by molar-refractivity contribution is 0.0330. The molecule has 146 valence electrons. The predicted octanol–water partition coefficient (Wildman–Crippen LogP) is 3.80. The van der Waals surface area contributed by atoms with E-state index in [9.17, 15) is 0 Å². The van der Waals surface area contributed by atoms with Gasteiger partial charge in [0.15, 0.2) is 0 Å². The zero-order valence-electron chi connectivity index (χ0n) is 16.6. The minimum Gasteiger partial charge on any atom is -0.384 e. The Morgan fingerprint density at radius 3 is 2.65 bits per heavy atom. The average molecular weight is 378 g/mol. The number of hydrogen-bond donors (Lipinski definition) is 0. The maximum Gasteiger partial charge on any atom is 0.0897 e. The molecule has 1 atom stereocenters. The third-order valence-corrected chi connectivity index (χ3v) is 7.97. The van der Waals surface area contributed by atoms with Gasteiger partial charge in [-0.25, -0.2) is 4.98 Å². The first kappa shape index (κ1) is 18.9. The van der Waals surface area contributed by atoms with Crippen molar-refractivity contribution in [2.24, 2.45) is 17.3 Å². The smallest absolute Gasteiger partial charge is 0.0897 e. The molecule has 26 heavy (non-hydrogen) atoms. The number of aromatic nitrogens is 1. The van der Waals surface area contributed by atoms with Gasteiger partial charge in [0.25, 0.3) is 0 Å². The quantitative estimate of drug-likeness (QED) is 0.754. The highest BCUT2D eigenvalue weighted by atomic mass is 32.1. The first-order chi connectivity index (χ1) is 12.7. The zero-order valence-corrected chi connectivity index (χ0v) is 17.4. The second kappa shape index (κ2) is 8.26. The highest BCUT2D eigenvalue weighted by Crippen LogP contribution is 2.45. The van der Waals surface area contributed by atoms with Crippen molar-refractivity contribution in [3.63, 3.8) is 0 Å². The van der Waals surface area contributed by atoms with Crippen LogP contribution in [0.3, 0.4) is 0 Å². The lowest BCUT2D eigenvalue weighted by Crippen LogP contribution is -2.46. The number of thiazole rings is 1. The van der Waals surface area contributed by atoms with Gasteiger partial charge in [0.2, 0.25) is 0 Å². The number of hydrogen-bond acceptors (Lipinski definition) is 5. The Labute approximate surface area is 162 Å². The molecule has 0 N–H and O–H groups in total. The molecule has 1 aliphatic carbocycles. The summed E-state index contributed by atoms with van der Waals surface area (Å²) in [5.41, 5.74) is 1.71. The fraction of sp³-hybridized carbons (Fsp3) is 0.857. The van der Waals surface area contributed by atoms with E-state index in [1.807, 2.05) is 7.11 Å². The van der Waals surface area contributed by atoms with Crippen LogP contribution in [0.5, 0.6) is 0 Å². The summed E-state index contributed by atoms with van der Waals surface area (Å²) in [6.45, 7) is 10.4. The second-order valence-electron chi connectivity index (χ2n) is 8.99. The van der Waals surface area contributed by atoms with Crippen molar-refractivity contribution in [3.05, 3.63) is 16.1 Å². The first-order valence-electron chi connectivity index (χ1n) is 10.5. The molecule has 2 saturated heterocycles. The van der Waals surface area contributed by atoms with E-state index in [0.29, 0.717) is 11.3 Å². The number of likely N-dealkylation sites (tertiary alicyclic amines) is 2. The minimum atomic E-state index is 0.466. The Balaban J connectivity index is 1.35. The summed E-state index contributed by atoms with van der Waals surface area (Å²) in [4.78, 5) is 10.1. The molecule has 2 aliphatic heterocycles. The van der Waals surface area contributed by atoms with Crippen LogP contribution in [0, 0.1) is 24.2 Å². The van der Waals surface area contributed by atoms with Crippen LogP contribution < -0.4 is 0 Å². The molecule has 0 aromatic carbocycles. The summed E-state index contributed by atoms with van der Waals surface area (Å²) in [6.07, 6.45) is 8.55. The summed E-state index contributed by atoms with van der Waals surface area (Å²) in [6, 6.07) is 0. The average Bonchev–Trinajstić information content (AvgIpc) is 3.34. The summed E-state index contributed by atoms with van der Waals surface area (Å²) >= 11 is 1.77. The summed E-state index contributed by atoms with van der Waals surface area (Å²) in [7, 11) is 1.87.